The molecule has 21 heavy (non-hydrogen) atoms. The summed E-state index contributed by atoms with van der Waals surface area (Å²) in [5.74, 6) is -0.289. The smallest absolute Gasteiger partial charge is 0.317 e. The minimum atomic E-state index is -0.650. The predicted octanol–water partition coefficient (Wildman–Crippen LogP) is 1.44. The molecule has 1 aliphatic heterocycles. The van der Waals surface area contributed by atoms with Gasteiger partial charge in [-0.2, -0.15) is 0 Å². The quantitative estimate of drug-likeness (QED) is 0.607. The molecule has 1 aliphatic rings. The van der Waals surface area contributed by atoms with Crippen molar-refractivity contribution in [1.82, 2.24) is 4.90 Å². The zero-order chi connectivity index (χ0) is 15.2. The van der Waals surface area contributed by atoms with Crippen molar-refractivity contribution in [3.05, 3.63) is 29.8 Å². The first-order valence-electron chi connectivity index (χ1n) is 7.12. The van der Waals surface area contributed by atoms with E-state index in [9.17, 15) is 9.59 Å². The summed E-state index contributed by atoms with van der Waals surface area (Å²) in [6.45, 7) is 4.34. The molecule has 0 saturated carbocycles. The molecule has 0 aromatic heterocycles. The first kappa shape index (κ1) is 15.5. The molecule has 5 heteroatoms. The Kier molecular flexibility index (Phi) is 5.33. The van der Waals surface area contributed by atoms with Crippen LogP contribution in [0.4, 0.5) is 0 Å². The van der Waals surface area contributed by atoms with E-state index in [2.05, 4.69) is 9.64 Å². The van der Waals surface area contributed by atoms with Crippen LogP contribution in [0.15, 0.2) is 24.3 Å². The lowest BCUT2D eigenvalue weighted by atomic mass is 9.97. The fraction of sp³-hybridized carbons (Fsp3) is 0.500. The number of hydrogen-bond acceptors (Lipinski definition) is 5. The number of carbonyl (C=O) groups excluding carboxylic acids is 2. The standard InChI is InChI=1S/C16H21NO4/c1-12-3-5-13(6-4-12)21-10-9-17-8-7-15(18)14(11-17)16(19)20-2/h3-6,14H,7-11H2,1-2H3. The van der Waals surface area contributed by atoms with E-state index in [1.165, 1.54) is 12.7 Å². The Labute approximate surface area is 124 Å². The molecule has 1 atom stereocenters. The summed E-state index contributed by atoms with van der Waals surface area (Å²) in [6, 6.07) is 7.88. The van der Waals surface area contributed by atoms with E-state index in [0.717, 1.165) is 5.75 Å². The van der Waals surface area contributed by atoms with E-state index in [4.69, 9.17) is 4.74 Å². The first-order chi connectivity index (χ1) is 10.1. The largest absolute Gasteiger partial charge is 0.492 e. The third kappa shape index (κ3) is 4.29. The highest BCUT2D eigenvalue weighted by Gasteiger charge is 2.33. The van der Waals surface area contributed by atoms with Crippen LogP contribution in [-0.2, 0) is 14.3 Å². The molecule has 1 aromatic carbocycles. The van der Waals surface area contributed by atoms with E-state index < -0.39 is 11.9 Å². The van der Waals surface area contributed by atoms with Crippen LogP contribution in [0.3, 0.4) is 0 Å². The van der Waals surface area contributed by atoms with Gasteiger partial charge in [-0.15, -0.1) is 0 Å². The van der Waals surface area contributed by atoms with Gasteiger partial charge >= 0.3 is 5.97 Å². The number of ketones is 1. The Balaban J connectivity index is 1.79. The monoisotopic (exact) mass is 291 g/mol. The van der Waals surface area contributed by atoms with Gasteiger partial charge in [0.05, 0.1) is 7.11 Å². The first-order valence-corrected chi connectivity index (χ1v) is 7.12. The van der Waals surface area contributed by atoms with Crippen molar-refractivity contribution < 1.29 is 19.1 Å². The summed E-state index contributed by atoms with van der Waals surface area (Å²) in [7, 11) is 1.31. The van der Waals surface area contributed by atoms with Crippen LogP contribution < -0.4 is 4.74 Å². The molecule has 1 heterocycles. The minimum Gasteiger partial charge on any atom is -0.492 e. The maximum Gasteiger partial charge on any atom is 0.317 e. The number of esters is 1. The number of piperidine rings is 1. The van der Waals surface area contributed by atoms with Crippen LogP contribution in [0.5, 0.6) is 5.75 Å². The Morgan fingerprint density at radius 1 is 1.33 bits per heavy atom. The molecule has 1 aromatic rings. The van der Waals surface area contributed by atoms with Crippen LogP contribution in [0.1, 0.15) is 12.0 Å². The molecule has 1 unspecified atom stereocenters. The topological polar surface area (TPSA) is 55.8 Å². The van der Waals surface area contributed by atoms with E-state index in [1.807, 2.05) is 31.2 Å². The predicted molar refractivity (Wildman–Crippen MR) is 78.2 cm³/mol. The average molecular weight is 291 g/mol. The van der Waals surface area contributed by atoms with Gasteiger partial charge in [-0.3, -0.25) is 14.5 Å². The maximum atomic E-state index is 11.7. The number of ether oxygens (including phenoxy) is 2. The minimum absolute atomic E-state index is 0.0300. The zero-order valence-corrected chi connectivity index (χ0v) is 12.5. The molecule has 0 amide bonds. The second-order valence-electron chi connectivity index (χ2n) is 5.25. The lowest BCUT2D eigenvalue weighted by molar-refractivity contribution is -0.151. The highest BCUT2D eigenvalue weighted by atomic mass is 16.5. The fourth-order valence-corrected chi connectivity index (χ4v) is 2.37. The highest BCUT2D eigenvalue weighted by Crippen LogP contribution is 2.15. The summed E-state index contributed by atoms with van der Waals surface area (Å²) >= 11 is 0. The summed E-state index contributed by atoms with van der Waals surface area (Å²) < 4.78 is 10.3. The Bertz CT molecular complexity index is 490. The lowest BCUT2D eigenvalue weighted by Gasteiger charge is -2.30. The van der Waals surface area contributed by atoms with Crippen molar-refractivity contribution in [1.29, 1.82) is 0 Å². The number of rotatable bonds is 5. The van der Waals surface area contributed by atoms with Crippen LogP contribution in [0.25, 0.3) is 0 Å². The molecule has 1 fully saturated rings. The molecule has 5 nitrogen and oxygen atoms in total. The molecule has 114 valence electrons. The van der Waals surface area contributed by atoms with Crippen molar-refractivity contribution >= 4 is 11.8 Å². The van der Waals surface area contributed by atoms with Gasteiger partial charge in [0, 0.05) is 26.1 Å². The van der Waals surface area contributed by atoms with Crippen molar-refractivity contribution in [2.24, 2.45) is 5.92 Å². The second kappa shape index (κ2) is 7.22. The van der Waals surface area contributed by atoms with Gasteiger partial charge in [0.2, 0.25) is 0 Å². The molecule has 0 aliphatic carbocycles. The van der Waals surface area contributed by atoms with E-state index in [1.54, 1.807) is 0 Å². The summed E-state index contributed by atoms with van der Waals surface area (Å²) in [4.78, 5) is 25.3. The van der Waals surface area contributed by atoms with Gasteiger partial charge < -0.3 is 9.47 Å². The van der Waals surface area contributed by atoms with Crippen molar-refractivity contribution in [2.45, 2.75) is 13.3 Å². The second-order valence-corrected chi connectivity index (χ2v) is 5.25. The molecular weight excluding hydrogens is 270 g/mol. The van der Waals surface area contributed by atoms with Gasteiger partial charge in [-0.05, 0) is 19.1 Å². The summed E-state index contributed by atoms with van der Waals surface area (Å²) in [5, 5.41) is 0. The molecule has 1 saturated heterocycles. The number of aryl methyl sites for hydroxylation is 1. The number of Topliss-reactive ketones (excluding diaryl/α,β-unsaturated/α-hetero) is 1. The van der Waals surface area contributed by atoms with E-state index >= 15 is 0 Å². The lowest BCUT2D eigenvalue weighted by Crippen LogP contribution is -2.45. The van der Waals surface area contributed by atoms with E-state index in [0.29, 0.717) is 32.7 Å². The maximum absolute atomic E-state index is 11.7. The number of hydrogen-bond donors (Lipinski definition) is 0. The van der Waals surface area contributed by atoms with Crippen LogP contribution in [-0.4, -0.2) is 50.0 Å². The Morgan fingerprint density at radius 3 is 2.71 bits per heavy atom. The van der Waals surface area contributed by atoms with E-state index in [-0.39, 0.29) is 5.78 Å². The van der Waals surface area contributed by atoms with Gasteiger partial charge in [0.1, 0.15) is 24.1 Å². The normalized spacial score (nSPS) is 19.3. The average Bonchev–Trinajstić information content (AvgIpc) is 2.50. The number of likely N-dealkylation sites (tertiary alicyclic amines) is 1. The fourth-order valence-electron chi connectivity index (χ4n) is 2.37. The number of nitrogens with zero attached hydrogens (tertiary/aromatic N) is 1. The van der Waals surface area contributed by atoms with Gasteiger partial charge in [0.15, 0.2) is 0 Å². The Hall–Kier alpha value is -1.88. The molecule has 0 radical (unpaired) electrons. The highest BCUT2D eigenvalue weighted by molar-refractivity contribution is 5.99. The Morgan fingerprint density at radius 2 is 2.05 bits per heavy atom. The zero-order valence-electron chi connectivity index (χ0n) is 12.5. The molecule has 0 N–H and O–H groups in total. The SMILES string of the molecule is COC(=O)C1CN(CCOc2ccc(C)cc2)CCC1=O. The van der Waals surface area contributed by atoms with Crippen molar-refractivity contribution in [2.75, 3.05) is 33.4 Å². The summed E-state index contributed by atoms with van der Waals surface area (Å²) in [6.07, 6.45) is 0.393. The van der Waals surface area contributed by atoms with Crippen molar-refractivity contribution in [3.8, 4) is 5.75 Å². The summed E-state index contributed by atoms with van der Waals surface area (Å²) in [5.41, 5.74) is 1.19. The molecular formula is C16H21NO4. The molecule has 2 rings (SSSR count). The van der Waals surface area contributed by atoms with Gasteiger partial charge in [-0.1, -0.05) is 17.7 Å². The number of methoxy groups -OCH3 is 1. The third-order valence-electron chi connectivity index (χ3n) is 3.69. The third-order valence-corrected chi connectivity index (χ3v) is 3.69. The van der Waals surface area contributed by atoms with Crippen LogP contribution >= 0.6 is 0 Å². The van der Waals surface area contributed by atoms with Gasteiger partial charge in [-0.25, -0.2) is 0 Å². The van der Waals surface area contributed by atoms with Crippen molar-refractivity contribution in [3.63, 3.8) is 0 Å². The van der Waals surface area contributed by atoms with Gasteiger partial charge in [0.25, 0.3) is 0 Å². The molecule has 0 spiro atoms. The van der Waals surface area contributed by atoms with Crippen LogP contribution in [0.2, 0.25) is 0 Å². The number of benzene rings is 1. The number of carbonyl (C=O) groups is 2. The molecule has 0 bridgehead atoms. The van der Waals surface area contributed by atoms with Crippen LogP contribution in [0, 0.1) is 12.8 Å².